The van der Waals surface area contributed by atoms with Crippen molar-refractivity contribution in [1.82, 2.24) is 5.32 Å². The number of nitrogen functional groups attached to an aromatic ring is 1. The van der Waals surface area contributed by atoms with Crippen molar-refractivity contribution >= 4 is 29.4 Å². The van der Waals surface area contributed by atoms with Crippen LogP contribution in [0.15, 0.2) is 54.6 Å². The van der Waals surface area contributed by atoms with Crippen molar-refractivity contribution in [1.29, 1.82) is 5.41 Å². The molecule has 6 N–H and O–H groups in total. The molecule has 3 aromatic rings. The van der Waals surface area contributed by atoms with Crippen LogP contribution in [0.1, 0.15) is 43.8 Å². The summed E-state index contributed by atoms with van der Waals surface area (Å²) in [5, 5.41) is 29.1. The summed E-state index contributed by atoms with van der Waals surface area (Å²) in [6, 6.07) is 15.5. The monoisotopic (exact) mass is 516 g/mol. The average Bonchev–Trinajstić information content (AvgIpc) is 3.30. The molecule has 0 aromatic heterocycles. The van der Waals surface area contributed by atoms with Gasteiger partial charge in [-0.25, -0.2) is 4.79 Å². The van der Waals surface area contributed by atoms with E-state index < -0.39 is 17.8 Å². The number of carbonyl (C=O) groups is 3. The van der Waals surface area contributed by atoms with E-state index in [-0.39, 0.29) is 29.9 Å². The van der Waals surface area contributed by atoms with Gasteiger partial charge in [0.1, 0.15) is 11.6 Å². The standard InChI is InChI=1S/C28H28N4O6/c1-38-20-5-6-21(23(14-20)28(36)37)22-13-18(27(35)31-10-8-25(33)34)2-3-19(22)15-32-11-9-16-12-17(26(29)30)4-7-24(16)32/h2-7,12-14H,8-11,15H2,1H3,(H3,29,30)(H,31,35)(H,33,34)(H,36,37). The Morgan fingerprint density at radius 2 is 1.79 bits per heavy atom. The zero-order valence-electron chi connectivity index (χ0n) is 20.8. The summed E-state index contributed by atoms with van der Waals surface area (Å²) >= 11 is 0. The van der Waals surface area contributed by atoms with Crippen LogP contribution in [0.5, 0.6) is 5.75 Å². The summed E-state index contributed by atoms with van der Waals surface area (Å²) in [7, 11) is 1.45. The Hall–Kier alpha value is -4.86. The highest BCUT2D eigenvalue weighted by Gasteiger charge is 2.23. The Labute approximate surface area is 219 Å². The van der Waals surface area contributed by atoms with Gasteiger partial charge in [0.05, 0.1) is 19.1 Å². The molecule has 0 atom stereocenters. The molecule has 38 heavy (non-hydrogen) atoms. The Balaban J connectivity index is 1.74. The van der Waals surface area contributed by atoms with Crippen LogP contribution in [0, 0.1) is 5.41 Å². The summed E-state index contributed by atoms with van der Waals surface area (Å²) in [4.78, 5) is 37.9. The van der Waals surface area contributed by atoms with Gasteiger partial charge in [0.25, 0.3) is 5.91 Å². The number of carboxylic acids is 2. The lowest BCUT2D eigenvalue weighted by Gasteiger charge is -2.23. The maximum absolute atomic E-state index is 12.8. The fourth-order valence-corrected chi connectivity index (χ4v) is 4.56. The molecule has 1 aliphatic rings. The van der Waals surface area contributed by atoms with Gasteiger partial charge >= 0.3 is 11.9 Å². The topological polar surface area (TPSA) is 166 Å². The number of nitrogens with one attached hydrogen (secondary N) is 2. The maximum Gasteiger partial charge on any atom is 0.336 e. The van der Waals surface area contributed by atoms with Crippen molar-refractivity contribution in [3.05, 3.63) is 82.4 Å². The molecule has 1 amide bonds. The number of fused-ring (bicyclic) bond motifs is 1. The van der Waals surface area contributed by atoms with Gasteiger partial charge in [-0.3, -0.25) is 15.0 Å². The summed E-state index contributed by atoms with van der Waals surface area (Å²) in [6.45, 7) is 1.15. The van der Waals surface area contributed by atoms with E-state index in [1.807, 2.05) is 12.1 Å². The normalized spacial score (nSPS) is 12.1. The lowest BCUT2D eigenvalue weighted by atomic mass is 9.92. The SMILES string of the molecule is COc1ccc(-c2cc(C(=O)NCCC(=O)O)ccc2CN2CCc3cc(C(=N)N)ccc32)c(C(=O)O)c1. The molecule has 196 valence electrons. The number of rotatable bonds is 10. The number of nitrogens with zero attached hydrogens (tertiary/aromatic N) is 1. The largest absolute Gasteiger partial charge is 0.497 e. The van der Waals surface area contributed by atoms with E-state index in [0.717, 1.165) is 29.8 Å². The molecule has 3 aromatic carbocycles. The smallest absolute Gasteiger partial charge is 0.336 e. The minimum absolute atomic E-state index is 0.00598. The Bertz CT molecular complexity index is 1430. The van der Waals surface area contributed by atoms with Crippen LogP contribution in [0.25, 0.3) is 11.1 Å². The number of amides is 1. The number of nitrogens with two attached hydrogens (primary N) is 1. The molecule has 4 rings (SSSR count). The molecule has 0 unspecified atom stereocenters. The number of ether oxygens (including phenoxy) is 1. The molecule has 0 radical (unpaired) electrons. The number of hydrogen-bond acceptors (Lipinski definition) is 6. The minimum atomic E-state index is -1.13. The number of carbonyl (C=O) groups excluding carboxylic acids is 1. The van der Waals surface area contributed by atoms with Crippen molar-refractivity contribution in [2.24, 2.45) is 5.73 Å². The van der Waals surface area contributed by atoms with Gasteiger partial charge < -0.3 is 30.9 Å². The molecule has 0 aliphatic carbocycles. The predicted molar refractivity (Wildman–Crippen MR) is 142 cm³/mol. The third-order valence-electron chi connectivity index (χ3n) is 6.49. The summed E-state index contributed by atoms with van der Waals surface area (Å²) in [5.74, 6) is -2.21. The third kappa shape index (κ3) is 5.59. The first-order valence-electron chi connectivity index (χ1n) is 11.9. The molecule has 1 heterocycles. The highest BCUT2D eigenvalue weighted by Crippen LogP contribution is 2.35. The lowest BCUT2D eigenvalue weighted by Crippen LogP contribution is -2.26. The van der Waals surface area contributed by atoms with Crippen LogP contribution < -0.4 is 20.7 Å². The second-order valence-electron chi connectivity index (χ2n) is 8.92. The van der Waals surface area contributed by atoms with Crippen molar-refractivity contribution < 1.29 is 29.3 Å². The first kappa shape index (κ1) is 26.2. The van der Waals surface area contributed by atoms with Gasteiger partial charge in [0.15, 0.2) is 0 Å². The van der Waals surface area contributed by atoms with Gasteiger partial charge in [0, 0.05) is 36.4 Å². The number of anilines is 1. The number of methoxy groups -OCH3 is 1. The van der Waals surface area contributed by atoms with Crippen LogP contribution >= 0.6 is 0 Å². The van der Waals surface area contributed by atoms with Crippen LogP contribution in [-0.2, 0) is 17.8 Å². The lowest BCUT2D eigenvalue weighted by molar-refractivity contribution is -0.136. The molecule has 0 bridgehead atoms. The molecule has 0 saturated heterocycles. The van der Waals surface area contributed by atoms with Crippen LogP contribution in [0.2, 0.25) is 0 Å². The fourth-order valence-electron chi connectivity index (χ4n) is 4.56. The van der Waals surface area contributed by atoms with E-state index in [9.17, 15) is 19.5 Å². The molecule has 0 saturated carbocycles. The van der Waals surface area contributed by atoms with Crippen LogP contribution in [0.4, 0.5) is 5.69 Å². The molecule has 10 nitrogen and oxygen atoms in total. The molecule has 0 fully saturated rings. The first-order chi connectivity index (χ1) is 18.2. The number of carboxylic acid groups (broad SMARTS) is 2. The van der Waals surface area contributed by atoms with Crippen LogP contribution in [-0.4, -0.2) is 54.1 Å². The number of hydrogen-bond donors (Lipinski definition) is 5. The summed E-state index contributed by atoms with van der Waals surface area (Å²) in [5.41, 5.74) is 10.5. The van der Waals surface area contributed by atoms with Gasteiger partial charge in [-0.15, -0.1) is 0 Å². The Morgan fingerprint density at radius 1 is 1.03 bits per heavy atom. The number of amidine groups is 1. The van der Waals surface area contributed by atoms with Crippen molar-refractivity contribution in [3.63, 3.8) is 0 Å². The second kappa shape index (κ2) is 11.0. The van der Waals surface area contributed by atoms with E-state index in [1.165, 1.54) is 13.2 Å². The fraction of sp³-hybridized carbons (Fsp3) is 0.214. The van der Waals surface area contributed by atoms with Gasteiger partial charge in [-0.1, -0.05) is 6.07 Å². The number of benzene rings is 3. The zero-order valence-corrected chi connectivity index (χ0v) is 20.8. The highest BCUT2D eigenvalue weighted by molar-refractivity contribution is 6.00. The average molecular weight is 517 g/mol. The third-order valence-corrected chi connectivity index (χ3v) is 6.49. The Morgan fingerprint density at radius 3 is 2.47 bits per heavy atom. The molecular formula is C28H28N4O6. The van der Waals surface area contributed by atoms with E-state index in [0.29, 0.717) is 29.0 Å². The van der Waals surface area contributed by atoms with Crippen molar-refractivity contribution in [3.8, 4) is 16.9 Å². The van der Waals surface area contributed by atoms with E-state index >= 15 is 0 Å². The predicted octanol–water partition coefficient (Wildman–Crippen LogP) is 3.11. The van der Waals surface area contributed by atoms with E-state index in [2.05, 4.69) is 10.2 Å². The molecule has 0 spiro atoms. The summed E-state index contributed by atoms with van der Waals surface area (Å²) < 4.78 is 5.22. The molecule has 1 aliphatic heterocycles. The minimum Gasteiger partial charge on any atom is -0.497 e. The summed E-state index contributed by atoms with van der Waals surface area (Å²) in [6.07, 6.45) is 0.566. The quantitative estimate of drug-likeness (QED) is 0.202. The molecule has 10 heteroatoms. The maximum atomic E-state index is 12.8. The van der Waals surface area contributed by atoms with E-state index in [4.69, 9.17) is 21.0 Å². The molecular weight excluding hydrogens is 488 g/mol. The van der Waals surface area contributed by atoms with Crippen molar-refractivity contribution in [2.45, 2.75) is 19.4 Å². The number of aromatic carboxylic acids is 1. The van der Waals surface area contributed by atoms with Crippen LogP contribution in [0.3, 0.4) is 0 Å². The van der Waals surface area contributed by atoms with Gasteiger partial charge in [-0.2, -0.15) is 0 Å². The van der Waals surface area contributed by atoms with Gasteiger partial charge in [-0.05, 0) is 77.2 Å². The second-order valence-corrected chi connectivity index (χ2v) is 8.92. The number of aliphatic carboxylic acids is 1. The highest BCUT2D eigenvalue weighted by atomic mass is 16.5. The van der Waals surface area contributed by atoms with Gasteiger partial charge in [0.2, 0.25) is 0 Å². The first-order valence-corrected chi connectivity index (χ1v) is 11.9. The van der Waals surface area contributed by atoms with E-state index in [1.54, 1.807) is 36.4 Å². The Kier molecular flexibility index (Phi) is 7.61. The van der Waals surface area contributed by atoms with Crippen molar-refractivity contribution in [2.75, 3.05) is 25.1 Å². The zero-order chi connectivity index (χ0) is 27.4.